The molecule has 2 aliphatic rings. The average molecular weight is 318 g/mol. The van der Waals surface area contributed by atoms with Gasteiger partial charge in [-0.25, -0.2) is 0 Å². The van der Waals surface area contributed by atoms with Crippen LogP contribution < -0.4 is 0 Å². The van der Waals surface area contributed by atoms with Gasteiger partial charge in [0.15, 0.2) is 5.79 Å². The predicted molar refractivity (Wildman–Crippen MR) is 81.5 cm³/mol. The highest BCUT2D eigenvalue weighted by Crippen LogP contribution is 2.51. The van der Waals surface area contributed by atoms with Gasteiger partial charge in [-0.2, -0.15) is 0 Å². The number of rotatable bonds is 6. The molecule has 0 bridgehead atoms. The van der Waals surface area contributed by atoms with Crippen molar-refractivity contribution in [3.8, 4) is 0 Å². The fourth-order valence-electron chi connectivity index (χ4n) is 2.99. The molecule has 0 saturated carbocycles. The molecule has 0 radical (unpaired) electrons. The zero-order valence-electron chi connectivity index (χ0n) is 13.1. The second kappa shape index (κ2) is 7.89. The largest absolute Gasteiger partial charge is 0.347 e. The van der Waals surface area contributed by atoms with E-state index in [1.165, 1.54) is 0 Å². The first kappa shape index (κ1) is 17.2. The van der Waals surface area contributed by atoms with E-state index in [2.05, 4.69) is 6.08 Å². The molecule has 6 heteroatoms. The highest BCUT2D eigenvalue weighted by molar-refractivity contribution is 7.54. The zero-order chi connectivity index (χ0) is 15.2. The summed E-state index contributed by atoms with van der Waals surface area (Å²) >= 11 is 0. The van der Waals surface area contributed by atoms with Crippen LogP contribution in [0.3, 0.4) is 0 Å². The van der Waals surface area contributed by atoms with Gasteiger partial charge in [0.05, 0.1) is 32.6 Å². The minimum atomic E-state index is -3.06. The van der Waals surface area contributed by atoms with Gasteiger partial charge in [0.2, 0.25) is 0 Å². The summed E-state index contributed by atoms with van der Waals surface area (Å²) in [5.41, 5.74) is 1.07. The molecule has 122 valence electrons. The van der Waals surface area contributed by atoms with Crippen molar-refractivity contribution in [2.24, 2.45) is 0 Å². The smallest absolute Gasteiger partial charge is 0.334 e. The molecule has 1 fully saturated rings. The van der Waals surface area contributed by atoms with Gasteiger partial charge < -0.3 is 18.5 Å². The van der Waals surface area contributed by atoms with E-state index in [4.69, 9.17) is 18.5 Å². The fraction of sp³-hybridized carbons (Fsp3) is 0.867. The fourth-order valence-corrected chi connectivity index (χ4v) is 4.77. The van der Waals surface area contributed by atoms with Crippen LogP contribution in [0.5, 0.6) is 0 Å². The molecule has 0 aromatic rings. The molecule has 0 amide bonds. The maximum atomic E-state index is 12.7. The molecule has 21 heavy (non-hydrogen) atoms. The predicted octanol–water partition coefficient (Wildman–Crippen LogP) is 3.89. The topological polar surface area (TPSA) is 54.0 Å². The van der Waals surface area contributed by atoms with Crippen molar-refractivity contribution in [1.29, 1.82) is 0 Å². The Morgan fingerprint density at radius 1 is 1.19 bits per heavy atom. The molecule has 1 aliphatic heterocycles. The van der Waals surface area contributed by atoms with Crippen LogP contribution in [0.1, 0.15) is 46.0 Å². The average Bonchev–Trinajstić information content (AvgIpc) is 2.85. The molecule has 1 aliphatic carbocycles. The Labute approximate surface area is 127 Å². The molecule has 1 spiro atoms. The first-order valence-electron chi connectivity index (χ1n) is 7.95. The first-order valence-corrected chi connectivity index (χ1v) is 9.68. The van der Waals surface area contributed by atoms with Gasteiger partial charge in [-0.15, -0.1) is 0 Å². The van der Waals surface area contributed by atoms with E-state index in [0.29, 0.717) is 39.0 Å². The Morgan fingerprint density at radius 3 is 2.48 bits per heavy atom. The van der Waals surface area contributed by atoms with Crippen LogP contribution in [-0.4, -0.2) is 38.4 Å². The van der Waals surface area contributed by atoms with Crippen molar-refractivity contribution in [3.63, 3.8) is 0 Å². The monoisotopic (exact) mass is 318 g/mol. The molecule has 2 rings (SSSR count). The highest BCUT2D eigenvalue weighted by Gasteiger charge is 2.39. The Balaban J connectivity index is 2.09. The van der Waals surface area contributed by atoms with Crippen LogP contribution in [0.25, 0.3) is 0 Å². The van der Waals surface area contributed by atoms with Gasteiger partial charge >= 0.3 is 7.60 Å². The second-order valence-electron chi connectivity index (χ2n) is 5.50. The number of ether oxygens (including phenoxy) is 2. The lowest BCUT2D eigenvalue weighted by Crippen LogP contribution is -2.32. The highest BCUT2D eigenvalue weighted by atomic mass is 31.2. The molecule has 0 N–H and O–H groups in total. The lowest BCUT2D eigenvalue weighted by molar-refractivity contribution is -0.162. The maximum absolute atomic E-state index is 12.7. The number of hydrogen-bond donors (Lipinski definition) is 0. The summed E-state index contributed by atoms with van der Waals surface area (Å²) in [5.74, 6) is -0.518. The second-order valence-corrected chi connectivity index (χ2v) is 7.55. The molecule has 1 heterocycles. The van der Waals surface area contributed by atoms with Gasteiger partial charge in [0.25, 0.3) is 0 Å². The molecular weight excluding hydrogens is 291 g/mol. The Hall–Kier alpha value is -0.190. The van der Waals surface area contributed by atoms with E-state index in [1.807, 2.05) is 13.8 Å². The molecule has 0 aromatic carbocycles. The van der Waals surface area contributed by atoms with E-state index >= 15 is 0 Å². The summed E-state index contributed by atoms with van der Waals surface area (Å²) in [6.45, 7) is 5.74. The van der Waals surface area contributed by atoms with Gasteiger partial charge in [-0.1, -0.05) is 11.6 Å². The Bertz CT molecular complexity index is 391. The summed E-state index contributed by atoms with van der Waals surface area (Å²) in [4.78, 5) is 0. The summed E-state index contributed by atoms with van der Waals surface area (Å²) in [5, 5.41) is 0. The lowest BCUT2D eigenvalue weighted by Gasteiger charge is -2.31. The van der Waals surface area contributed by atoms with Crippen LogP contribution >= 0.6 is 7.60 Å². The van der Waals surface area contributed by atoms with Crippen LogP contribution in [0, 0.1) is 0 Å². The number of hydrogen-bond acceptors (Lipinski definition) is 5. The number of allylic oxidation sites excluding steroid dienone is 1. The molecule has 0 aromatic heterocycles. The normalized spacial score (nSPS) is 25.3. The molecule has 5 nitrogen and oxygen atoms in total. The van der Waals surface area contributed by atoms with E-state index in [0.717, 1.165) is 31.3 Å². The molecular formula is C15H27O5P. The summed E-state index contributed by atoms with van der Waals surface area (Å²) < 4.78 is 35.2. The standard InChI is InChI=1S/C15H27O5P/c1-3-19-21(16,20-4-2)13-14-8-6-5-7-9-15(12-14)17-10-11-18-15/h8H,3-7,9-13H2,1-2H3/b14-8+. The Kier molecular flexibility index (Phi) is 6.45. The van der Waals surface area contributed by atoms with E-state index in [9.17, 15) is 4.57 Å². The molecule has 0 unspecified atom stereocenters. The minimum absolute atomic E-state index is 0.336. The van der Waals surface area contributed by atoms with E-state index < -0.39 is 13.4 Å². The van der Waals surface area contributed by atoms with Crippen LogP contribution in [0.2, 0.25) is 0 Å². The first-order chi connectivity index (χ1) is 10.1. The summed E-state index contributed by atoms with van der Waals surface area (Å²) in [6.07, 6.45) is 7.27. The van der Waals surface area contributed by atoms with E-state index in [-0.39, 0.29) is 0 Å². The Morgan fingerprint density at radius 2 is 1.86 bits per heavy atom. The van der Waals surface area contributed by atoms with Crippen molar-refractivity contribution in [1.82, 2.24) is 0 Å². The SMILES string of the molecule is CCOP(=O)(C/C1=C/CCCCC2(C1)OCCO2)OCC. The van der Waals surface area contributed by atoms with Gasteiger partial charge in [-0.05, 0) is 33.1 Å². The maximum Gasteiger partial charge on any atom is 0.334 e. The van der Waals surface area contributed by atoms with Crippen molar-refractivity contribution in [2.75, 3.05) is 32.6 Å². The minimum Gasteiger partial charge on any atom is -0.347 e. The zero-order valence-corrected chi connectivity index (χ0v) is 14.0. The lowest BCUT2D eigenvalue weighted by atomic mass is 9.95. The molecule has 1 saturated heterocycles. The van der Waals surface area contributed by atoms with Gasteiger partial charge in [0.1, 0.15) is 0 Å². The van der Waals surface area contributed by atoms with Crippen LogP contribution in [0.15, 0.2) is 11.6 Å². The van der Waals surface area contributed by atoms with Crippen molar-refractivity contribution < 1.29 is 23.1 Å². The summed E-state index contributed by atoms with van der Waals surface area (Å²) in [6, 6.07) is 0. The van der Waals surface area contributed by atoms with Crippen molar-refractivity contribution in [2.45, 2.75) is 51.7 Å². The van der Waals surface area contributed by atoms with E-state index in [1.54, 1.807) is 0 Å². The van der Waals surface area contributed by atoms with Crippen molar-refractivity contribution >= 4 is 7.60 Å². The van der Waals surface area contributed by atoms with Crippen molar-refractivity contribution in [3.05, 3.63) is 11.6 Å². The summed E-state index contributed by atoms with van der Waals surface area (Å²) in [7, 11) is -3.06. The van der Waals surface area contributed by atoms with Gasteiger partial charge in [-0.3, -0.25) is 4.57 Å². The quantitative estimate of drug-likeness (QED) is 0.549. The third-order valence-electron chi connectivity index (χ3n) is 3.80. The van der Waals surface area contributed by atoms with Gasteiger partial charge in [0, 0.05) is 12.8 Å². The third-order valence-corrected chi connectivity index (χ3v) is 5.90. The third kappa shape index (κ3) is 4.90. The molecule has 0 atom stereocenters. The van der Waals surface area contributed by atoms with Crippen LogP contribution in [0.4, 0.5) is 0 Å². The van der Waals surface area contributed by atoms with Crippen LogP contribution in [-0.2, 0) is 23.1 Å².